The SMILES string of the molecule is CCCCC/C=C(\COc1cccc2ccccc12)C(=O)NCCCN(C)C. The predicted molar refractivity (Wildman–Crippen MR) is 118 cm³/mol. The molecule has 0 aromatic heterocycles. The maximum absolute atomic E-state index is 12.7. The van der Waals surface area contributed by atoms with E-state index in [1.165, 1.54) is 12.8 Å². The van der Waals surface area contributed by atoms with E-state index in [9.17, 15) is 4.79 Å². The van der Waals surface area contributed by atoms with Crippen molar-refractivity contribution < 1.29 is 9.53 Å². The second-order valence-electron chi connectivity index (χ2n) is 7.40. The molecule has 0 atom stereocenters. The zero-order valence-corrected chi connectivity index (χ0v) is 17.5. The van der Waals surface area contributed by atoms with Gasteiger partial charge in [0.1, 0.15) is 12.4 Å². The number of fused-ring (bicyclic) bond motifs is 1. The Morgan fingerprint density at radius 1 is 1.07 bits per heavy atom. The quantitative estimate of drug-likeness (QED) is 0.424. The van der Waals surface area contributed by atoms with Crippen molar-refractivity contribution >= 4 is 16.7 Å². The lowest BCUT2D eigenvalue weighted by atomic mass is 10.1. The monoisotopic (exact) mass is 382 g/mol. The van der Waals surface area contributed by atoms with Crippen molar-refractivity contribution in [3.63, 3.8) is 0 Å². The summed E-state index contributed by atoms with van der Waals surface area (Å²) in [6, 6.07) is 14.2. The van der Waals surface area contributed by atoms with E-state index in [-0.39, 0.29) is 5.91 Å². The van der Waals surface area contributed by atoms with Crippen LogP contribution >= 0.6 is 0 Å². The first-order valence-electron chi connectivity index (χ1n) is 10.3. The number of carbonyl (C=O) groups is 1. The van der Waals surface area contributed by atoms with Crippen molar-refractivity contribution in [2.45, 2.75) is 39.0 Å². The number of nitrogens with one attached hydrogen (secondary N) is 1. The first-order valence-corrected chi connectivity index (χ1v) is 10.3. The van der Waals surface area contributed by atoms with Crippen LogP contribution < -0.4 is 10.1 Å². The van der Waals surface area contributed by atoms with E-state index < -0.39 is 0 Å². The molecular formula is C24H34N2O2. The van der Waals surface area contributed by atoms with Gasteiger partial charge in [0.2, 0.25) is 5.91 Å². The van der Waals surface area contributed by atoms with Gasteiger partial charge in [0, 0.05) is 11.9 Å². The molecule has 0 spiro atoms. The Labute approximate surface area is 169 Å². The lowest BCUT2D eigenvalue weighted by molar-refractivity contribution is -0.117. The van der Waals surface area contributed by atoms with Crippen LogP contribution in [0.25, 0.3) is 10.8 Å². The second-order valence-corrected chi connectivity index (χ2v) is 7.40. The molecule has 0 radical (unpaired) electrons. The van der Waals surface area contributed by atoms with Crippen LogP contribution in [0.2, 0.25) is 0 Å². The molecular weight excluding hydrogens is 348 g/mol. The third-order valence-electron chi connectivity index (χ3n) is 4.69. The third kappa shape index (κ3) is 7.35. The highest BCUT2D eigenvalue weighted by atomic mass is 16.5. The summed E-state index contributed by atoms with van der Waals surface area (Å²) in [7, 11) is 4.08. The van der Waals surface area contributed by atoms with Crippen molar-refractivity contribution in [3.05, 3.63) is 54.1 Å². The highest BCUT2D eigenvalue weighted by Gasteiger charge is 2.11. The Bertz CT molecular complexity index is 763. The normalized spacial score (nSPS) is 11.8. The van der Waals surface area contributed by atoms with Gasteiger partial charge in [-0.3, -0.25) is 4.79 Å². The van der Waals surface area contributed by atoms with E-state index in [1.807, 2.05) is 44.4 Å². The number of rotatable bonds is 12. The molecule has 4 heteroatoms. The number of allylic oxidation sites excluding steroid dienone is 1. The van der Waals surface area contributed by atoms with Gasteiger partial charge < -0.3 is 15.0 Å². The van der Waals surface area contributed by atoms with Crippen molar-refractivity contribution in [3.8, 4) is 5.75 Å². The van der Waals surface area contributed by atoms with Crippen molar-refractivity contribution in [1.29, 1.82) is 0 Å². The fourth-order valence-corrected chi connectivity index (χ4v) is 3.08. The van der Waals surface area contributed by atoms with Gasteiger partial charge in [-0.05, 0) is 51.4 Å². The molecule has 0 aliphatic heterocycles. The van der Waals surface area contributed by atoms with Gasteiger partial charge in [-0.25, -0.2) is 0 Å². The minimum Gasteiger partial charge on any atom is -0.488 e. The van der Waals surface area contributed by atoms with Gasteiger partial charge in [-0.2, -0.15) is 0 Å². The first kappa shape index (κ1) is 22.0. The zero-order chi connectivity index (χ0) is 20.2. The molecule has 0 bridgehead atoms. The highest BCUT2D eigenvalue weighted by molar-refractivity contribution is 5.94. The number of hydrogen-bond donors (Lipinski definition) is 1. The highest BCUT2D eigenvalue weighted by Crippen LogP contribution is 2.25. The number of ether oxygens (including phenoxy) is 1. The summed E-state index contributed by atoms with van der Waals surface area (Å²) in [5.74, 6) is 0.799. The third-order valence-corrected chi connectivity index (χ3v) is 4.69. The Morgan fingerprint density at radius 2 is 1.86 bits per heavy atom. The number of nitrogens with zero attached hydrogens (tertiary/aromatic N) is 1. The minimum absolute atomic E-state index is 0.0181. The van der Waals surface area contributed by atoms with Crippen LogP contribution in [-0.4, -0.2) is 44.6 Å². The molecule has 0 unspecified atom stereocenters. The second kappa shape index (κ2) is 12.2. The Kier molecular flexibility index (Phi) is 9.56. The fraction of sp³-hybridized carbons (Fsp3) is 0.458. The number of benzene rings is 2. The Morgan fingerprint density at radius 3 is 2.64 bits per heavy atom. The Hall–Kier alpha value is -2.33. The lowest BCUT2D eigenvalue weighted by Crippen LogP contribution is -2.30. The molecule has 0 saturated heterocycles. The molecule has 1 amide bonds. The lowest BCUT2D eigenvalue weighted by Gasteiger charge is -2.14. The van der Waals surface area contributed by atoms with Gasteiger partial charge >= 0.3 is 0 Å². The largest absolute Gasteiger partial charge is 0.488 e. The molecule has 4 nitrogen and oxygen atoms in total. The molecule has 0 saturated carbocycles. The van der Waals surface area contributed by atoms with Gasteiger partial charge in [0.25, 0.3) is 0 Å². The van der Waals surface area contributed by atoms with Crippen LogP contribution in [-0.2, 0) is 4.79 Å². The standard InChI is InChI=1S/C24H34N2O2/c1-4-5-6-7-13-21(24(27)25-17-11-18-26(2)3)19-28-23-16-10-14-20-12-8-9-15-22(20)23/h8-10,12-16H,4-7,11,17-19H2,1-3H3,(H,25,27)/b21-13+. The summed E-state index contributed by atoms with van der Waals surface area (Å²) in [5, 5.41) is 5.25. The summed E-state index contributed by atoms with van der Waals surface area (Å²) in [6.45, 7) is 4.12. The Balaban J connectivity index is 2.00. The predicted octanol–water partition coefficient (Wildman–Crippen LogP) is 4.79. The van der Waals surface area contributed by atoms with Crippen molar-refractivity contribution in [1.82, 2.24) is 10.2 Å². The molecule has 28 heavy (non-hydrogen) atoms. The van der Waals surface area contributed by atoms with E-state index in [0.717, 1.165) is 42.3 Å². The van der Waals surface area contributed by atoms with Crippen LogP contribution in [0.15, 0.2) is 54.1 Å². The minimum atomic E-state index is -0.0181. The topological polar surface area (TPSA) is 41.6 Å². The zero-order valence-electron chi connectivity index (χ0n) is 17.5. The van der Waals surface area contributed by atoms with Crippen LogP contribution in [0.4, 0.5) is 0 Å². The van der Waals surface area contributed by atoms with E-state index in [1.54, 1.807) is 0 Å². The van der Waals surface area contributed by atoms with Crippen LogP contribution in [0.3, 0.4) is 0 Å². The maximum Gasteiger partial charge on any atom is 0.250 e. The van der Waals surface area contributed by atoms with E-state index in [0.29, 0.717) is 18.7 Å². The molecule has 1 N–H and O–H groups in total. The van der Waals surface area contributed by atoms with Gasteiger partial charge in [-0.1, -0.05) is 62.2 Å². The number of carbonyl (C=O) groups excluding carboxylic acids is 1. The molecule has 0 fully saturated rings. The number of unbranched alkanes of at least 4 members (excludes halogenated alkanes) is 3. The van der Waals surface area contributed by atoms with Gasteiger partial charge in [0.05, 0.1) is 5.57 Å². The van der Waals surface area contributed by atoms with Crippen LogP contribution in [0, 0.1) is 0 Å². The molecule has 0 aliphatic carbocycles. The van der Waals surface area contributed by atoms with E-state index in [2.05, 4.69) is 35.3 Å². The average Bonchev–Trinajstić information content (AvgIpc) is 2.70. The molecule has 2 aromatic rings. The fourth-order valence-electron chi connectivity index (χ4n) is 3.08. The summed E-state index contributed by atoms with van der Waals surface area (Å²) in [6.07, 6.45) is 7.34. The van der Waals surface area contributed by atoms with Gasteiger partial charge in [-0.15, -0.1) is 0 Å². The molecule has 152 valence electrons. The summed E-state index contributed by atoms with van der Waals surface area (Å²) >= 11 is 0. The summed E-state index contributed by atoms with van der Waals surface area (Å²) in [4.78, 5) is 14.8. The first-order chi connectivity index (χ1) is 13.6. The van der Waals surface area contributed by atoms with E-state index >= 15 is 0 Å². The van der Waals surface area contributed by atoms with Crippen molar-refractivity contribution in [2.75, 3.05) is 33.8 Å². The molecule has 0 aliphatic rings. The van der Waals surface area contributed by atoms with Crippen LogP contribution in [0.1, 0.15) is 39.0 Å². The maximum atomic E-state index is 12.7. The van der Waals surface area contributed by atoms with Crippen LogP contribution in [0.5, 0.6) is 5.75 Å². The number of hydrogen-bond acceptors (Lipinski definition) is 3. The smallest absolute Gasteiger partial charge is 0.250 e. The van der Waals surface area contributed by atoms with Gasteiger partial charge in [0.15, 0.2) is 0 Å². The average molecular weight is 383 g/mol. The van der Waals surface area contributed by atoms with E-state index in [4.69, 9.17) is 4.74 Å². The molecule has 2 rings (SSSR count). The molecule has 0 heterocycles. The summed E-state index contributed by atoms with van der Waals surface area (Å²) < 4.78 is 6.07. The molecule has 2 aromatic carbocycles. The number of amides is 1. The van der Waals surface area contributed by atoms with Crippen molar-refractivity contribution in [2.24, 2.45) is 0 Å². The summed E-state index contributed by atoms with van der Waals surface area (Å²) in [5.41, 5.74) is 0.717.